The number of anilines is 1. The highest BCUT2D eigenvalue weighted by Gasteiger charge is 2.18. The van der Waals surface area contributed by atoms with E-state index in [0.717, 1.165) is 6.07 Å². The zero-order chi connectivity index (χ0) is 19.4. The van der Waals surface area contributed by atoms with Gasteiger partial charge >= 0.3 is 0 Å². The lowest BCUT2D eigenvalue weighted by molar-refractivity contribution is -0.384. The molecule has 148 valence electrons. The third kappa shape index (κ3) is 8.51. The second-order valence-electron chi connectivity index (χ2n) is 5.03. The molecule has 0 heterocycles. The van der Waals surface area contributed by atoms with Gasteiger partial charge in [0.25, 0.3) is 5.69 Å². The molecule has 0 saturated carbocycles. The summed E-state index contributed by atoms with van der Waals surface area (Å²) < 4.78 is 38.3. The van der Waals surface area contributed by atoms with E-state index >= 15 is 0 Å². The number of benzene rings is 1. The summed E-state index contributed by atoms with van der Waals surface area (Å²) in [4.78, 5) is 10.1. The molecule has 0 bridgehead atoms. The van der Waals surface area contributed by atoms with Crippen LogP contribution < -0.4 is 16.2 Å². The molecule has 1 aromatic carbocycles. The lowest BCUT2D eigenvalue weighted by Crippen LogP contribution is -2.16. The molecule has 0 spiro atoms. The Kier molecular flexibility index (Phi) is 10.0. The first-order valence-electron chi connectivity index (χ1n) is 7.84. The minimum Gasteiger partial charge on any atom is -0.378 e. The van der Waals surface area contributed by atoms with Gasteiger partial charge in [0, 0.05) is 19.2 Å². The highest BCUT2D eigenvalue weighted by atomic mass is 32.2. The summed E-state index contributed by atoms with van der Waals surface area (Å²) >= 11 is 0. The molecule has 0 fully saturated rings. The SMILES string of the molecule is NCCOCCOCCOCCNc1ccc(S(N)(=O)=O)cc1[N+](=O)[O-]. The lowest BCUT2D eigenvalue weighted by Gasteiger charge is -2.09. The smallest absolute Gasteiger partial charge is 0.293 e. The molecule has 0 atom stereocenters. The van der Waals surface area contributed by atoms with Crippen molar-refractivity contribution in [3.05, 3.63) is 28.3 Å². The molecule has 1 aromatic rings. The summed E-state index contributed by atoms with van der Waals surface area (Å²) in [6, 6.07) is 3.41. The third-order valence-electron chi connectivity index (χ3n) is 3.06. The van der Waals surface area contributed by atoms with Crippen molar-refractivity contribution in [2.24, 2.45) is 10.9 Å². The van der Waals surface area contributed by atoms with Gasteiger partial charge in [-0.25, -0.2) is 13.6 Å². The summed E-state index contributed by atoms with van der Waals surface area (Å²) in [5, 5.41) is 18.9. The van der Waals surface area contributed by atoms with Crippen LogP contribution in [0.2, 0.25) is 0 Å². The third-order valence-corrected chi connectivity index (χ3v) is 3.97. The van der Waals surface area contributed by atoms with E-state index in [4.69, 9.17) is 25.1 Å². The lowest BCUT2D eigenvalue weighted by atomic mass is 10.2. The van der Waals surface area contributed by atoms with E-state index in [1.54, 1.807) is 0 Å². The van der Waals surface area contributed by atoms with Crippen LogP contribution in [0.3, 0.4) is 0 Å². The Morgan fingerprint density at radius 2 is 1.62 bits per heavy atom. The first-order valence-corrected chi connectivity index (χ1v) is 9.39. The average molecular weight is 392 g/mol. The Balaban J connectivity index is 2.30. The molecular weight excluding hydrogens is 368 g/mol. The molecule has 5 N–H and O–H groups in total. The van der Waals surface area contributed by atoms with Crippen molar-refractivity contribution in [3.8, 4) is 0 Å². The van der Waals surface area contributed by atoms with Crippen molar-refractivity contribution in [3.63, 3.8) is 0 Å². The number of nitro groups is 1. The van der Waals surface area contributed by atoms with Gasteiger partial charge in [0.15, 0.2) is 0 Å². The van der Waals surface area contributed by atoms with Crippen molar-refractivity contribution in [1.82, 2.24) is 0 Å². The Labute approximate surface area is 151 Å². The number of nitrogens with two attached hydrogens (primary N) is 2. The minimum absolute atomic E-state index is 0.180. The zero-order valence-corrected chi connectivity index (χ0v) is 15.1. The number of nitro benzene ring substituents is 1. The zero-order valence-electron chi connectivity index (χ0n) is 14.3. The maximum Gasteiger partial charge on any atom is 0.293 e. The maximum absolute atomic E-state index is 11.3. The van der Waals surface area contributed by atoms with Crippen LogP contribution in [0.15, 0.2) is 23.1 Å². The topological polar surface area (TPSA) is 169 Å². The van der Waals surface area contributed by atoms with Crippen molar-refractivity contribution >= 4 is 21.4 Å². The number of rotatable bonds is 14. The second kappa shape index (κ2) is 11.7. The molecule has 0 radical (unpaired) electrons. The van der Waals surface area contributed by atoms with E-state index < -0.39 is 14.9 Å². The molecule has 0 aromatic heterocycles. The molecule has 12 heteroatoms. The summed E-state index contributed by atoms with van der Waals surface area (Å²) in [5.74, 6) is 0. The maximum atomic E-state index is 11.3. The van der Waals surface area contributed by atoms with Gasteiger partial charge in [0.1, 0.15) is 5.69 Å². The van der Waals surface area contributed by atoms with Gasteiger partial charge in [-0.2, -0.15) is 0 Å². The van der Waals surface area contributed by atoms with Crippen LogP contribution in [-0.4, -0.2) is 66.1 Å². The van der Waals surface area contributed by atoms with Crippen LogP contribution in [-0.2, 0) is 24.2 Å². The molecule has 0 aliphatic rings. The Hall–Kier alpha value is -1.83. The number of sulfonamides is 1. The van der Waals surface area contributed by atoms with E-state index in [9.17, 15) is 18.5 Å². The predicted molar refractivity (Wildman–Crippen MR) is 94.5 cm³/mol. The molecule has 0 aliphatic carbocycles. The minimum atomic E-state index is -4.01. The summed E-state index contributed by atoms with van der Waals surface area (Å²) in [6.07, 6.45) is 0. The summed E-state index contributed by atoms with van der Waals surface area (Å²) in [5.41, 5.74) is 5.07. The molecule has 26 heavy (non-hydrogen) atoms. The standard InChI is InChI=1S/C14H24N4O7S/c15-3-5-23-7-9-25-10-8-24-6-4-17-13-2-1-12(26(16,21)22)11-14(13)18(19)20/h1-2,11,17H,3-10,15H2,(H2,16,21,22). The van der Waals surface area contributed by atoms with Gasteiger partial charge in [-0.05, 0) is 12.1 Å². The Morgan fingerprint density at radius 1 is 1.04 bits per heavy atom. The molecular formula is C14H24N4O7S. The fourth-order valence-corrected chi connectivity index (χ4v) is 2.41. The highest BCUT2D eigenvalue weighted by Crippen LogP contribution is 2.26. The first kappa shape index (κ1) is 22.2. The molecule has 11 nitrogen and oxygen atoms in total. The molecule has 0 amide bonds. The van der Waals surface area contributed by atoms with Crippen LogP contribution in [0, 0.1) is 10.1 Å². The van der Waals surface area contributed by atoms with E-state index in [2.05, 4.69) is 5.32 Å². The highest BCUT2D eigenvalue weighted by molar-refractivity contribution is 7.89. The van der Waals surface area contributed by atoms with Crippen LogP contribution in [0.5, 0.6) is 0 Å². The largest absolute Gasteiger partial charge is 0.378 e. The van der Waals surface area contributed by atoms with Crippen LogP contribution in [0.25, 0.3) is 0 Å². The van der Waals surface area contributed by atoms with Crippen molar-refractivity contribution < 1.29 is 27.6 Å². The number of hydrogen-bond donors (Lipinski definition) is 3. The van der Waals surface area contributed by atoms with Crippen LogP contribution >= 0.6 is 0 Å². The fraction of sp³-hybridized carbons (Fsp3) is 0.571. The van der Waals surface area contributed by atoms with Crippen molar-refractivity contribution in [2.75, 3.05) is 58.0 Å². The van der Waals surface area contributed by atoms with E-state index in [-0.39, 0.29) is 16.3 Å². The van der Waals surface area contributed by atoms with Crippen LogP contribution in [0.1, 0.15) is 0 Å². The van der Waals surface area contributed by atoms with Crippen molar-refractivity contribution in [1.29, 1.82) is 0 Å². The second-order valence-corrected chi connectivity index (χ2v) is 6.60. The number of ether oxygens (including phenoxy) is 3. The predicted octanol–water partition coefficient (Wildman–Crippen LogP) is -0.337. The van der Waals surface area contributed by atoms with Crippen LogP contribution in [0.4, 0.5) is 11.4 Å². The number of nitrogens with one attached hydrogen (secondary N) is 1. The fourth-order valence-electron chi connectivity index (χ4n) is 1.87. The molecule has 0 aliphatic heterocycles. The van der Waals surface area contributed by atoms with Crippen molar-refractivity contribution in [2.45, 2.75) is 4.90 Å². The Morgan fingerprint density at radius 3 is 2.15 bits per heavy atom. The normalized spacial score (nSPS) is 11.5. The number of hydrogen-bond acceptors (Lipinski definition) is 9. The van der Waals surface area contributed by atoms with Gasteiger partial charge in [0.2, 0.25) is 10.0 Å². The summed E-state index contributed by atoms with van der Waals surface area (Å²) in [7, 11) is -4.01. The molecule has 1 rings (SSSR count). The number of primary sulfonamides is 1. The van der Waals surface area contributed by atoms with Gasteiger partial charge in [-0.15, -0.1) is 0 Å². The first-order chi connectivity index (χ1) is 12.4. The van der Waals surface area contributed by atoms with E-state index in [1.807, 2.05) is 0 Å². The van der Waals surface area contributed by atoms with Gasteiger partial charge in [-0.1, -0.05) is 0 Å². The molecule has 0 saturated heterocycles. The summed E-state index contributed by atoms with van der Waals surface area (Å²) in [6.45, 7) is 3.24. The Bertz CT molecular complexity index is 669. The van der Waals surface area contributed by atoms with E-state index in [1.165, 1.54) is 12.1 Å². The molecule has 0 unspecified atom stereocenters. The monoisotopic (exact) mass is 392 g/mol. The van der Waals surface area contributed by atoms with Gasteiger partial charge < -0.3 is 25.3 Å². The quantitative estimate of drug-likeness (QED) is 0.218. The average Bonchev–Trinajstić information content (AvgIpc) is 2.58. The number of nitrogens with zero attached hydrogens (tertiary/aromatic N) is 1. The van der Waals surface area contributed by atoms with Gasteiger partial charge in [-0.3, -0.25) is 10.1 Å². The van der Waals surface area contributed by atoms with E-state index in [0.29, 0.717) is 52.7 Å². The van der Waals surface area contributed by atoms with Gasteiger partial charge in [0.05, 0.1) is 49.5 Å².